The monoisotopic (exact) mass is 238 g/mol. The molecule has 4 nitrogen and oxygen atoms in total. The highest BCUT2D eigenvalue weighted by molar-refractivity contribution is 5.46. The number of para-hydroxylation sites is 1. The lowest BCUT2D eigenvalue weighted by Gasteiger charge is -2.17. The minimum Gasteiger partial charge on any atom is -0.398 e. The van der Waals surface area contributed by atoms with Gasteiger partial charge >= 0.3 is 0 Å². The van der Waals surface area contributed by atoms with Crippen molar-refractivity contribution >= 4 is 5.69 Å². The molecule has 4 heteroatoms. The Hall–Kier alpha value is -1.10. The summed E-state index contributed by atoms with van der Waals surface area (Å²) in [6.45, 7) is 3.75. The Balaban J connectivity index is 2.21. The Kier molecular flexibility index (Phi) is 6.62. The predicted octanol–water partition coefficient (Wildman–Crippen LogP) is 1.36. The molecule has 0 unspecified atom stereocenters. The van der Waals surface area contributed by atoms with Crippen molar-refractivity contribution in [2.75, 3.05) is 46.3 Å². The molecule has 0 aromatic heterocycles. The SMILES string of the molecule is COCCOCCN(C)Cc1ccccc1N. The summed E-state index contributed by atoms with van der Waals surface area (Å²) in [5.74, 6) is 0. The van der Waals surface area contributed by atoms with Crippen LogP contribution in [0.4, 0.5) is 5.69 Å². The van der Waals surface area contributed by atoms with E-state index in [9.17, 15) is 0 Å². The third kappa shape index (κ3) is 5.68. The third-order valence-electron chi connectivity index (χ3n) is 2.54. The van der Waals surface area contributed by atoms with Gasteiger partial charge in [0.2, 0.25) is 0 Å². The van der Waals surface area contributed by atoms with Gasteiger partial charge in [-0.2, -0.15) is 0 Å². The molecular weight excluding hydrogens is 216 g/mol. The van der Waals surface area contributed by atoms with Crippen LogP contribution in [0, 0.1) is 0 Å². The molecule has 1 aromatic rings. The van der Waals surface area contributed by atoms with Gasteiger partial charge < -0.3 is 15.2 Å². The zero-order chi connectivity index (χ0) is 12.5. The first-order chi connectivity index (χ1) is 8.24. The van der Waals surface area contributed by atoms with Crippen LogP contribution in [0.25, 0.3) is 0 Å². The van der Waals surface area contributed by atoms with E-state index in [1.165, 1.54) is 0 Å². The van der Waals surface area contributed by atoms with E-state index >= 15 is 0 Å². The Morgan fingerprint density at radius 2 is 1.94 bits per heavy atom. The summed E-state index contributed by atoms with van der Waals surface area (Å²) in [5, 5.41) is 0. The van der Waals surface area contributed by atoms with Crippen molar-refractivity contribution in [3.63, 3.8) is 0 Å². The first-order valence-electron chi connectivity index (χ1n) is 5.82. The molecule has 0 aliphatic heterocycles. The van der Waals surface area contributed by atoms with Crippen LogP contribution in [-0.4, -0.2) is 45.4 Å². The van der Waals surface area contributed by atoms with E-state index in [-0.39, 0.29) is 0 Å². The van der Waals surface area contributed by atoms with Gasteiger partial charge in [-0.3, -0.25) is 4.90 Å². The molecule has 0 saturated heterocycles. The normalized spacial score (nSPS) is 11.0. The molecule has 2 N–H and O–H groups in total. The highest BCUT2D eigenvalue weighted by Gasteiger charge is 2.02. The summed E-state index contributed by atoms with van der Waals surface area (Å²) in [4.78, 5) is 2.19. The van der Waals surface area contributed by atoms with Gasteiger partial charge in [0, 0.05) is 25.9 Å². The van der Waals surface area contributed by atoms with Gasteiger partial charge in [0.15, 0.2) is 0 Å². The Morgan fingerprint density at radius 1 is 1.18 bits per heavy atom. The van der Waals surface area contributed by atoms with Crippen molar-refractivity contribution in [3.05, 3.63) is 29.8 Å². The average Bonchev–Trinajstić information content (AvgIpc) is 2.32. The highest BCUT2D eigenvalue weighted by atomic mass is 16.5. The summed E-state index contributed by atoms with van der Waals surface area (Å²) < 4.78 is 10.3. The number of benzene rings is 1. The fourth-order valence-electron chi connectivity index (χ4n) is 1.51. The zero-order valence-electron chi connectivity index (χ0n) is 10.7. The number of methoxy groups -OCH3 is 1. The molecule has 0 saturated carbocycles. The van der Waals surface area contributed by atoms with Crippen LogP contribution >= 0.6 is 0 Å². The number of nitrogen functional groups attached to an aromatic ring is 1. The van der Waals surface area contributed by atoms with E-state index in [1.54, 1.807) is 7.11 Å². The van der Waals surface area contributed by atoms with Gasteiger partial charge in [-0.15, -0.1) is 0 Å². The quantitative estimate of drug-likeness (QED) is 0.549. The summed E-state index contributed by atoms with van der Waals surface area (Å²) in [5.41, 5.74) is 7.89. The van der Waals surface area contributed by atoms with Gasteiger partial charge in [-0.25, -0.2) is 0 Å². The largest absolute Gasteiger partial charge is 0.398 e. The van der Waals surface area contributed by atoms with Crippen molar-refractivity contribution in [1.82, 2.24) is 4.90 Å². The second-order valence-corrected chi connectivity index (χ2v) is 4.04. The molecule has 0 radical (unpaired) electrons. The standard InChI is InChI=1S/C13H22N2O2/c1-15(7-8-17-10-9-16-2)11-12-5-3-4-6-13(12)14/h3-6H,7-11,14H2,1-2H3. The minimum absolute atomic E-state index is 0.648. The van der Waals surface area contributed by atoms with Crippen molar-refractivity contribution in [1.29, 1.82) is 0 Å². The second kappa shape index (κ2) is 8.06. The number of rotatable bonds is 8. The summed E-state index contributed by atoms with van der Waals surface area (Å²) in [7, 11) is 3.74. The first kappa shape index (κ1) is 14.0. The highest BCUT2D eigenvalue weighted by Crippen LogP contribution is 2.12. The summed E-state index contributed by atoms with van der Waals surface area (Å²) >= 11 is 0. The number of nitrogens with zero attached hydrogens (tertiary/aromatic N) is 1. The van der Waals surface area contributed by atoms with E-state index < -0.39 is 0 Å². The molecule has 96 valence electrons. The fraction of sp³-hybridized carbons (Fsp3) is 0.538. The zero-order valence-corrected chi connectivity index (χ0v) is 10.7. The van der Waals surface area contributed by atoms with Crippen LogP contribution < -0.4 is 5.73 Å². The Morgan fingerprint density at radius 3 is 2.65 bits per heavy atom. The number of hydrogen-bond acceptors (Lipinski definition) is 4. The van der Waals surface area contributed by atoms with Crippen molar-refractivity contribution in [2.45, 2.75) is 6.54 Å². The molecule has 1 rings (SSSR count). The molecule has 0 fully saturated rings. The van der Waals surface area contributed by atoms with Gasteiger partial charge in [-0.1, -0.05) is 18.2 Å². The molecule has 0 bridgehead atoms. The Bertz CT molecular complexity index is 318. The number of nitrogens with two attached hydrogens (primary N) is 1. The molecular formula is C13H22N2O2. The van der Waals surface area contributed by atoms with E-state index in [0.717, 1.165) is 24.3 Å². The fourth-order valence-corrected chi connectivity index (χ4v) is 1.51. The molecule has 0 spiro atoms. The topological polar surface area (TPSA) is 47.7 Å². The lowest BCUT2D eigenvalue weighted by atomic mass is 10.2. The maximum absolute atomic E-state index is 5.89. The predicted molar refractivity (Wildman–Crippen MR) is 69.9 cm³/mol. The molecule has 17 heavy (non-hydrogen) atoms. The van der Waals surface area contributed by atoms with E-state index in [1.807, 2.05) is 18.2 Å². The van der Waals surface area contributed by atoms with Gasteiger partial charge in [0.1, 0.15) is 0 Å². The first-order valence-corrected chi connectivity index (χ1v) is 5.82. The lowest BCUT2D eigenvalue weighted by molar-refractivity contribution is 0.0598. The van der Waals surface area contributed by atoms with E-state index in [0.29, 0.717) is 19.8 Å². The maximum Gasteiger partial charge on any atom is 0.0700 e. The van der Waals surface area contributed by atoms with E-state index in [2.05, 4.69) is 18.0 Å². The molecule has 0 heterocycles. The number of ether oxygens (including phenoxy) is 2. The van der Waals surface area contributed by atoms with Gasteiger partial charge in [0.25, 0.3) is 0 Å². The van der Waals surface area contributed by atoms with Gasteiger partial charge in [-0.05, 0) is 18.7 Å². The number of likely N-dealkylation sites (N-methyl/N-ethyl adjacent to an activating group) is 1. The number of hydrogen-bond donors (Lipinski definition) is 1. The Labute approximate surface area is 103 Å². The average molecular weight is 238 g/mol. The molecule has 1 aromatic carbocycles. The smallest absolute Gasteiger partial charge is 0.0700 e. The third-order valence-corrected chi connectivity index (χ3v) is 2.54. The molecule has 0 aliphatic rings. The molecule has 0 atom stereocenters. The van der Waals surface area contributed by atoms with Crippen LogP contribution in [-0.2, 0) is 16.0 Å². The lowest BCUT2D eigenvalue weighted by Crippen LogP contribution is -2.23. The van der Waals surface area contributed by atoms with Crippen LogP contribution in [0.2, 0.25) is 0 Å². The van der Waals surface area contributed by atoms with E-state index in [4.69, 9.17) is 15.2 Å². The maximum atomic E-state index is 5.89. The minimum atomic E-state index is 0.648. The second-order valence-electron chi connectivity index (χ2n) is 4.04. The van der Waals surface area contributed by atoms with Crippen LogP contribution in [0.15, 0.2) is 24.3 Å². The van der Waals surface area contributed by atoms with Crippen molar-refractivity contribution < 1.29 is 9.47 Å². The van der Waals surface area contributed by atoms with Crippen LogP contribution in [0.5, 0.6) is 0 Å². The van der Waals surface area contributed by atoms with Crippen LogP contribution in [0.1, 0.15) is 5.56 Å². The number of anilines is 1. The van der Waals surface area contributed by atoms with Crippen molar-refractivity contribution in [3.8, 4) is 0 Å². The summed E-state index contributed by atoms with van der Waals surface area (Å²) in [6.07, 6.45) is 0. The molecule has 0 aliphatic carbocycles. The van der Waals surface area contributed by atoms with Gasteiger partial charge in [0.05, 0.1) is 19.8 Å². The summed E-state index contributed by atoms with van der Waals surface area (Å²) in [6, 6.07) is 7.94. The molecule has 0 amide bonds. The van der Waals surface area contributed by atoms with Crippen LogP contribution in [0.3, 0.4) is 0 Å². The van der Waals surface area contributed by atoms with Crippen molar-refractivity contribution in [2.24, 2.45) is 0 Å².